The van der Waals surface area contributed by atoms with Crippen molar-refractivity contribution in [2.75, 3.05) is 0 Å². The molecule has 0 aliphatic heterocycles. The van der Waals surface area contributed by atoms with Crippen LogP contribution in [0, 0.1) is 0 Å². The van der Waals surface area contributed by atoms with Crippen LogP contribution < -0.4 is 5.56 Å². The molecule has 16 heavy (non-hydrogen) atoms. The van der Waals surface area contributed by atoms with E-state index in [1.807, 2.05) is 0 Å². The van der Waals surface area contributed by atoms with E-state index in [1.165, 1.54) is 17.2 Å². The molecule has 0 fully saturated rings. The molecule has 0 aromatic carbocycles. The first-order valence-corrected chi connectivity index (χ1v) is 4.67. The van der Waals surface area contributed by atoms with Gasteiger partial charge in [-0.15, -0.1) is 0 Å². The highest BCUT2D eigenvalue weighted by Gasteiger charge is 2.06. The van der Waals surface area contributed by atoms with Crippen molar-refractivity contribution in [1.82, 2.24) is 24.5 Å². The Bertz CT molecular complexity index is 685. The summed E-state index contributed by atoms with van der Waals surface area (Å²) < 4.78 is 1.45. The normalized spacial score (nSPS) is 10.8. The molecular formula is C10H7N5O. The average Bonchev–Trinajstić information content (AvgIpc) is 2.80. The number of aromatic nitrogens is 5. The summed E-state index contributed by atoms with van der Waals surface area (Å²) in [5.74, 6) is 0. The number of hydrogen-bond acceptors (Lipinski definition) is 4. The maximum atomic E-state index is 12.0. The van der Waals surface area contributed by atoms with Gasteiger partial charge in [0.15, 0.2) is 11.2 Å². The number of fused-ring (bicyclic) bond motifs is 1. The number of hydrogen-bond donors (Lipinski definition) is 1. The van der Waals surface area contributed by atoms with E-state index in [4.69, 9.17) is 0 Å². The van der Waals surface area contributed by atoms with Crippen molar-refractivity contribution >= 4 is 11.2 Å². The Morgan fingerprint density at radius 3 is 2.81 bits per heavy atom. The molecule has 3 heterocycles. The molecule has 0 amide bonds. The molecule has 1 N–H and O–H groups in total. The lowest BCUT2D eigenvalue weighted by atomic mass is 10.4. The van der Waals surface area contributed by atoms with Gasteiger partial charge in [0, 0.05) is 12.4 Å². The molecule has 3 aromatic rings. The maximum absolute atomic E-state index is 12.0. The number of nitrogens with zero attached hydrogens (tertiary/aromatic N) is 4. The molecule has 3 rings (SSSR count). The smallest absolute Gasteiger partial charge is 0.283 e. The van der Waals surface area contributed by atoms with E-state index < -0.39 is 0 Å². The predicted octanol–water partition coefficient (Wildman–Crippen LogP) is 0.504. The summed E-state index contributed by atoms with van der Waals surface area (Å²) in [6.07, 6.45) is 6.16. The fourth-order valence-electron chi connectivity index (χ4n) is 1.52. The summed E-state index contributed by atoms with van der Waals surface area (Å²) in [4.78, 5) is 26.7. The third-order valence-electron chi connectivity index (χ3n) is 2.29. The van der Waals surface area contributed by atoms with E-state index in [2.05, 4.69) is 19.9 Å². The second-order valence-electron chi connectivity index (χ2n) is 3.23. The largest absolute Gasteiger partial charge is 0.339 e. The van der Waals surface area contributed by atoms with Gasteiger partial charge in [-0.2, -0.15) is 0 Å². The molecule has 0 saturated carbocycles. The van der Waals surface area contributed by atoms with Gasteiger partial charge in [-0.05, 0) is 12.1 Å². The molecule has 78 valence electrons. The highest BCUT2D eigenvalue weighted by molar-refractivity contribution is 5.68. The van der Waals surface area contributed by atoms with Crippen LogP contribution in [0.3, 0.4) is 0 Å². The summed E-state index contributed by atoms with van der Waals surface area (Å²) in [5, 5.41) is 0. The van der Waals surface area contributed by atoms with E-state index >= 15 is 0 Å². The third-order valence-corrected chi connectivity index (χ3v) is 2.29. The molecule has 0 radical (unpaired) electrons. The molecule has 6 nitrogen and oxygen atoms in total. The lowest BCUT2D eigenvalue weighted by Crippen LogP contribution is -2.18. The topological polar surface area (TPSA) is 76.5 Å². The number of rotatable bonds is 1. The zero-order valence-corrected chi connectivity index (χ0v) is 8.16. The van der Waals surface area contributed by atoms with Gasteiger partial charge in [0.2, 0.25) is 0 Å². The van der Waals surface area contributed by atoms with E-state index in [9.17, 15) is 4.79 Å². The van der Waals surface area contributed by atoms with Crippen LogP contribution in [-0.2, 0) is 0 Å². The first kappa shape index (κ1) is 8.78. The predicted molar refractivity (Wildman–Crippen MR) is 57.3 cm³/mol. The van der Waals surface area contributed by atoms with Gasteiger partial charge >= 0.3 is 0 Å². The van der Waals surface area contributed by atoms with Crippen LogP contribution in [0.2, 0.25) is 0 Å². The first-order valence-electron chi connectivity index (χ1n) is 4.67. The van der Waals surface area contributed by atoms with Crippen LogP contribution in [-0.4, -0.2) is 24.5 Å². The first-order chi connectivity index (χ1) is 7.86. The number of aromatic amines is 1. The molecule has 0 saturated heterocycles. The Hall–Kier alpha value is -2.50. The van der Waals surface area contributed by atoms with E-state index in [-0.39, 0.29) is 5.56 Å². The van der Waals surface area contributed by atoms with Crippen LogP contribution in [0.4, 0.5) is 0 Å². The highest BCUT2D eigenvalue weighted by atomic mass is 16.1. The molecule has 0 spiro atoms. The van der Waals surface area contributed by atoms with Crippen molar-refractivity contribution < 1.29 is 0 Å². The molecule has 0 aliphatic carbocycles. The lowest BCUT2D eigenvalue weighted by Gasteiger charge is -2.02. The highest BCUT2D eigenvalue weighted by Crippen LogP contribution is 2.04. The molecule has 3 aromatic heterocycles. The minimum absolute atomic E-state index is 0.172. The monoisotopic (exact) mass is 213 g/mol. The van der Waals surface area contributed by atoms with Gasteiger partial charge in [0.1, 0.15) is 6.33 Å². The Labute approximate surface area is 89.6 Å². The van der Waals surface area contributed by atoms with Gasteiger partial charge in [-0.1, -0.05) is 0 Å². The molecular weight excluding hydrogens is 206 g/mol. The van der Waals surface area contributed by atoms with Crippen molar-refractivity contribution in [2.45, 2.75) is 0 Å². The van der Waals surface area contributed by atoms with Gasteiger partial charge in [0.05, 0.1) is 12.0 Å². The minimum Gasteiger partial charge on any atom is -0.339 e. The van der Waals surface area contributed by atoms with Crippen molar-refractivity contribution in [1.29, 1.82) is 0 Å². The zero-order chi connectivity index (χ0) is 11.0. The maximum Gasteiger partial charge on any atom is 0.283 e. The van der Waals surface area contributed by atoms with Crippen LogP contribution in [0.5, 0.6) is 0 Å². The SMILES string of the molecule is O=c1c2[nH]cnc2ncn1-c1ccncc1. The number of imidazole rings is 1. The van der Waals surface area contributed by atoms with Gasteiger partial charge < -0.3 is 4.98 Å². The van der Waals surface area contributed by atoms with Crippen LogP contribution >= 0.6 is 0 Å². The van der Waals surface area contributed by atoms with Crippen LogP contribution in [0.15, 0.2) is 42.0 Å². The zero-order valence-electron chi connectivity index (χ0n) is 8.16. The summed E-state index contributed by atoms with van der Waals surface area (Å²) in [7, 11) is 0. The number of nitrogens with one attached hydrogen (secondary N) is 1. The lowest BCUT2D eigenvalue weighted by molar-refractivity contribution is 0.952. The van der Waals surface area contributed by atoms with Crippen molar-refractivity contribution in [3.8, 4) is 5.69 Å². The average molecular weight is 213 g/mol. The van der Waals surface area contributed by atoms with E-state index in [1.54, 1.807) is 24.5 Å². The number of H-pyrrole nitrogens is 1. The summed E-state index contributed by atoms with van der Waals surface area (Å²) in [6.45, 7) is 0. The second kappa shape index (κ2) is 3.27. The van der Waals surface area contributed by atoms with E-state index in [0.29, 0.717) is 11.2 Å². The minimum atomic E-state index is -0.172. The summed E-state index contributed by atoms with van der Waals surface area (Å²) in [6, 6.07) is 3.48. The molecule has 0 aliphatic rings. The van der Waals surface area contributed by atoms with Gasteiger partial charge in [-0.3, -0.25) is 14.3 Å². The number of pyridine rings is 1. The molecule has 0 bridgehead atoms. The summed E-state index contributed by atoms with van der Waals surface area (Å²) >= 11 is 0. The Morgan fingerprint density at radius 2 is 2.00 bits per heavy atom. The van der Waals surface area contributed by atoms with Crippen LogP contribution in [0.25, 0.3) is 16.9 Å². The third kappa shape index (κ3) is 1.20. The molecule has 6 heteroatoms. The Balaban J connectivity index is 2.33. The quantitative estimate of drug-likeness (QED) is 0.638. The Kier molecular flexibility index (Phi) is 1.79. The second-order valence-corrected chi connectivity index (χ2v) is 3.23. The van der Waals surface area contributed by atoms with Crippen LogP contribution in [0.1, 0.15) is 0 Å². The Morgan fingerprint density at radius 1 is 1.19 bits per heavy atom. The summed E-state index contributed by atoms with van der Waals surface area (Å²) in [5.41, 5.74) is 1.38. The fourth-order valence-corrected chi connectivity index (χ4v) is 1.52. The molecule has 0 unspecified atom stereocenters. The van der Waals surface area contributed by atoms with Crippen molar-refractivity contribution in [3.63, 3.8) is 0 Å². The molecule has 0 atom stereocenters. The van der Waals surface area contributed by atoms with Crippen molar-refractivity contribution in [2.24, 2.45) is 0 Å². The van der Waals surface area contributed by atoms with Crippen molar-refractivity contribution in [3.05, 3.63) is 47.5 Å². The van der Waals surface area contributed by atoms with Gasteiger partial charge in [0.25, 0.3) is 5.56 Å². The fraction of sp³-hybridized carbons (Fsp3) is 0. The van der Waals surface area contributed by atoms with Gasteiger partial charge in [-0.25, -0.2) is 9.97 Å². The standard InChI is InChI=1S/C10H7N5O/c16-10-8-9(13-5-12-8)14-6-15(10)7-1-3-11-4-2-7/h1-6H,(H,12,13). The van der Waals surface area contributed by atoms with E-state index in [0.717, 1.165) is 5.69 Å².